The number of alkyl halides is 1. The number of carbonyl (C=O) groups is 1. The molecule has 0 aliphatic heterocycles. The Morgan fingerprint density at radius 1 is 1.18 bits per heavy atom. The van der Waals surface area contributed by atoms with Crippen molar-refractivity contribution in [2.45, 2.75) is 12.8 Å². The van der Waals surface area contributed by atoms with E-state index >= 15 is 0 Å². The van der Waals surface area contributed by atoms with Gasteiger partial charge in [0.15, 0.2) is 5.78 Å². The van der Waals surface area contributed by atoms with Crippen LogP contribution in [0.1, 0.15) is 23.2 Å². The standard InChI is InChI=1S/C10H10ClFO.C2H6O2/c11-7-1-2-10(13)8-3-5-9(12)6-4-8;3-1-2-4/h3-6H,1-2,7H2;3-4H,1-2H2. The highest BCUT2D eigenvalue weighted by Gasteiger charge is 2.04. The molecular weight excluding hydrogens is 247 g/mol. The van der Waals surface area contributed by atoms with Crippen LogP contribution in [0.3, 0.4) is 0 Å². The van der Waals surface area contributed by atoms with Crippen LogP contribution in [0.2, 0.25) is 0 Å². The molecule has 0 saturated heterocycles. The van der Waals surface area contributed by atoms with Gasteiger partial charge in [0.1, 0.15) is 5.82 Å². The van der Waals surface area contributed by atoms with Crippen molar-refractivity contribution in [3.8, 4) is 0 Å². The minimum absolute atomic E-state index is 0.0145. The monoisotopic (exact) mass is 262 g/mol. The molecule has 3 nitrogen and oxygen atoms in total. The van der Waals surface area contributed by atoms with Gasteiger partial charge in [-0.2, -0.15) is 0 Å². The first kappa shape index (κ1) is 16.0. The zero-order valence-electron chi connectivity index (χ0n) is 9.40. The Balaban J connectivity index is 0.000000557. The maximum atomic E-state index is 12.5. The average Bonchev–Trinajstić information content (AvgIpc) is 2.37. The molecule has 0 atom stereocenters. The van der Waals surface area contributed by atoms with Gasteiger partial charge in [0, 0.05) is 17.9 Å². The summed E-state index contributed by atoms with van der Waals surface area (Å²) in [7, 11) is 0. The number of aliphatic hydroxyl groups is 2. The van der Waals surface area contributed by atoms with E-state index in [1.54, 1.807) is 0 Å². The van der Waals surface area contributed by atoms with E-state index < -0.39 is 0 Å². The largest absolute Gasteiger partial charge is 0.394 e. The third-order valence-corrected chi connectivity index (χ3v) is 2.07. The Labute approximate surface area is 105 Å². The van der Waals surface area contributed by atoms with Crippen molar-refractivity contribution in [1.29, 1.82) is 0 Å². The smallest absolute Gasteiger partial charge is 0.162 e. The highest BCUT2D eigenvalue weighted by molar-refractivity contribution is 6.18. The molecule has 0 unspecified atom stereocenters. The van der Waals surface area contributed by atoms with Crippen molar-refractivity contribution in [1.82, 2.24) is 0 Å². The molecular formula is C12H16ClFO3. The number of rotatable bonds is 5. The first-order valence-corrected chi connectivity index (χ1v) is 5.75. The average molecular weight is 263 g/mol. The second-order valence-electron chi connectivity index (χ2n) is 3.17. The van der Waals surface area contributed by atoms with Crippen molar-refractivity contribution in [3.05, 3.63) is 35.6 Å². The summed E-state index contributed by atoms with van der Waals surface area (Å²) < 4.78 is 12.5. The molecule has 1 rings (SSSR count). The van der Waals surface area contributed by atoms with Gasteiger partial charge in [0.25, 0.3) is 0 Å². The van der Waals surface area contributed by atoms with Gasteiger partial charge in [0.2, 0.25) is 0 Å². The molecule has 2 N–H and O–H groups in total. The summed E-state index contributed by atoms with van der Waals surface area (Å²) >= 11 is 5.45. The van der Waals surface area contributed by atoms with E-state index in [1.807, 2.05) is 0 Å². The predicted octanol–water partition coefficient (Wildman–Crippen LogP) is 2.00. The molecule has 96 valence electrons. The van der Waals surface area contributed by atoms with Crippen LogP contribution in [0.4, 0.5) is 4.39 Å². The molecule has 1 aromatic carbocycles. The Morgan fingerprint density at radius 2 is 1.71 bits per heavy atom. The van der Waals surface area contributed by atoms with Gasteiger partial charge in [-0.05, 0) is 30.7 Å². The van der Waals surface area contributed by atoms with Crippen LogP contribution >= 0.6 is 11.6 Å². The van der Waals surface area contributed by atoms with Crippen LogP contribution in [-0.4, -0.2) is 35.1 Å². The van der Waals surface area contributed by atoms with Crippen molar-refractivity contribution in [2.75, 3.05) is 19.1 Å². The van der Waals surface area contributed by atoms with Crippen LogP contribution < -0.4 is 0 Å². The number of aliphatic hydroxyl groups excluding tert-OH is 2. The Hall–Kier alpha value is -0.970. The summed E-state index contributed by atoms with van der Waals surface area (Å²) in [6, 6.07) is 5.56. The molecule has 0 radical (unpaired) electrons. The van der Waals surface area contributed by atoms with E-state index in [9.17, 15) is 9.18 Å². The summed E-state index contributed by atoms with van der Waals surface area (Å²) in [5.74, 6) is 0.168. The van der Waals surface area contributed by atoms with Crippen molar-refractivity contribution >= 4 is 17.4 Å². The number of halogens is 2. The second kappa shape index (κ2) is 10.2. The molecule has 0 amide bonds. The summed E-state index contributed by atoms with van der Waals surface area (Å²) in [6.45, 7) is -0.250. The van der Waals surface area contributed by atoms with Gasteiger partial charge < -0.3 is 10.2 Å². The maximum absolute atomic E-state index is 12.5. The SMILES string of the molecule is O=C(CCCCl)c1ccc(F)cc1.OCCO. The number of hydrogen-bond acceptors (Lipinski definition) is 3. The van der Waals surface area contributed by atoms with E-state index in [-0.39, 0.29) is 24.8 Å². The molecule has 0 aliphatic rings. The summed E-state index contributed by atoms with van der Waals surface area (Å²) in [6.07, 6.45) is 1.09. The predicted molar refractivity (Wildman–Crippen MR) is 64.9 cm³/mol. The molecule has 17 heavy (non-hydrogen) atoms. The lowest BCUT2D eigenvalue weighted by molar-refractivity contribution is 0.0982. The fraction of sp³-hybridized carbons (Fsp3) is 0.417. The summed E-state index contributed by atoms with van der Waals surface area (Å²) in [5.41, 5.74) is 0.548. The van der Waals surface area contributed by atoms with Crippen LogP contribution in [-0.2, 0) is 0 Å². The minimum Gasteiger partial charge on any atom is -0.394 e. The number of benzene rings is 1. The quantitative estimate of drug-likeness (QED) is 0.630. The highest BCUT2D eigenvalue weighted by Crippen LogP contribution is 2.07. The fourth-order valence-corrected chi connectivity index (χ4v) is 1.14. The van der Waals surface area contributed by atoms with E-state index in [4.69, 9.17) is 21.8 Å². The van der Waals surface area contributed by atoms with Crippen LogP contribution in [0.15, 0.2) is 24.3 Å². The second-order valence-corrected chi connectivity index (χ2v) is 3.55. The Kier molecular flexibility index (Phi) is 9.62. The minimum atomic E-state index is -0.325. The van der Waals surface area contributed by atoms with Gasteiger partial charge in [-0.1, -0.05) is 0 Å². The van der Waals surface area contributed by atoms with E-state index in [2.05, 4.69) is 0 Å². The number of ketones is 1. The molecule has 0 heterocycles. The molecule has 0 saturated carbocycles. The zero-order chi connectivity index (χ0) is 13.1. The van der Waals surface area contributed by atoms with E-state index in [0.29, 0.717) is 24.3 Å². The summed E-state index contributed by atoms with van der Waals surface area (Å²) in [5, 5.41) is 15.2. The molecule has 0 spiro atoms. The molecule has 0 aliphatic carbocycles. The topological polar surface area (TPSA) is 57.5 Å². The number of carbonyl (C=O) groups excluding carboxylic acids is 1. The lowest BCUT2D eigenvalue weighted by Crippen LogP contribution is -1.98. The van der Waals surface area contributed by atoms with E-state index in [0.717, 1.165) is 0 Å². The molecule has 0 fully saturated rings. The normalized spacial score (nSPS) is 9.41. The zero-order valence-corrected chi connectivity index (χ0v) is 10.2. The first-order valence-electron chi connectivity index (χ1n) is 5.22. The Bertz CT molecular complexity index is 312. The first-order chi connectivity index (χ1) is 8.15. The summed E-state index contributed by atoms with van der Waals surface area (Å²) in [4.78, 5) is 11.3. The maximum Gasteiger partial charge on any atom is 0.162 e. The lowest BCUT2D eigenvalue weighted by Gasteiger charge is -1.98. The van der Waals surface area contributed by atoms with Gasteiger partial charge >= 0.3 is 0 Å². The molecule has 0 aromatic heterocycles. The number of hydrogen-bond donors (Lipinski definition) is 2. The van der Waals surface area contributed by atoms with Gasteiger partial charge in [-0.15, -0.1) is 11.6 Å². The molecule has 0 bridgehead atoms. The van der Waals surface area contributed by atoms with E-state index in [1.165, 1.54) is 24.3 Å². The van der Waals surface area contributed by atoms with Crippen molar-refractivity contribution in [3.63, 3.8) is 0 Å². The Morgan fingerprint density at radius 3 is 2.12 bits per heavy atom. The van der Waals surface area contributed by atoms with Crippen molar-refractivity contribution in [2.24, 2.45) is 0 Å². The van der Waals surface area contributed by atoms with Crippen molar-refractivity contribution < 1.29 is 19.4 Å². The van der Waals surface area contributed by atoms with Gasteiger partial charge in [-0.25, -0.2) is 4.39 Å². The third kappa shape index (κ3) is 7.85. The van der Waals surface area contributed by atoms with Gasteiger partial charge in [-0.3, -0.25) is 4.79 Å². The van der Waals surface area contributed by atoms with Gasteiger partial charge in [0.05, 0.1) is 13.2 Å². The molecule has 5 heteroatoms. The van der Waals surface area contributed by atoms with Crippen LogP contribution in [0.25, 0.3) is 0 Å². The van der Waals surface area contributed by atoms with Crippen LogP contribution in [0, 0.1) is 5.82 Å². The fourth-order valence-electron chi connectivity index (χ4n) is 1.01. The third-order valence-electron chi connectivity index (χ3n) is 1.80. The lowest BCUT2D eigenvalue weighted by atomic mass is 10.1. The van der Waals surface area contributed by atoms with Crippen LogP contribution in [0.5, 0.6) is 0 Å². The highest BCUT2D eigenvalue weighted by atomic mass is 35.5. The molecule has 1 aromatic rings. The number of Topliss-reactive ketones (excluding diaryl/α,β-unsaturated/α-hetero) is 1.